The zero-order chi connectivity index (χ0) is 24.0. The molecule has 2 heterocycles. The second-order valence-electron chi connectivity index (χ2n) is 9.02. The predicted molar refractivity (Wildman–Crippen MR) is 130 cm³/mol. The normalized spacial score (nSPS) is 18.6. The maximum Gasteiger partial charge on any atom is 0.270 e. The van der Waals surface area contributed by atoms with Crippen molar-refractivity contribution in [3.63, 3.8) is 0 Å². The van der Waals surface area contributed by atoms with Gasteiger partial charge in [-0.25, -0.2) is 4.39 Å². The third-order valence-electron chi connectivity index (χ3n) is 7.18. The van der Waals surface area contributed by atoms with Crippen LogP contribution in [0.4, 0.5) is 16.2 Å². The van der Waals surface area contributed by atoms with Crippen molar-refractivity contribution in [2.75, 3.05) is 23.7 Å². The van der Waals surface area contributed by atoms with E-state index >= 15 is 0 Å². The summed E-state index contributed by atoms with van der Waals surface area (Å²) in [6, 6.07) is 14.7. The Kier molecular flexibility index (Phi) is 5.58. The van der Waals surface area contributed by atoms with Gasteiger partial charge in [-0.2, -0.15) is 10.2 Å². The molecule has 1 aliphatic heterocycles. The summed E-state index contributed by atoms with van der Waals surface area (Å²) in [5.41, 5.74) is 15.0. The molecule has 1 spiro atoms. The van der Waals surface area contributed by atoms with Crippen molar-refractivity contribution in [1.29, 1.82) is 5.26 Å². The fourth-order valence-electron chi connectivity index (χ4n) is 5.21. The number of piperidine rings is 1. The highest BCUT2D eigenvalue weighted by Gasteiger charge is 2.46. The highest BCUT2D eigenvalue weighted by atomic mass is 32.2. The third kappa shape index (κ3) is 3.54. The Morgan fingerprint density at radius 3 is 2.65 bits per heavy atom. The van der Waals surface area contributed by atoms with Crippen LogP contribution in [0.1, 0.15) is 35.6 Å². The molecule has 0 bridgehead atoms. The Morgan fingerprint density at radius 2 is 1.94 bits per heavy atom. The number of hydrogen-bond acceptors (Lipinski definition) is 7. The van der Waals surface area contributed by atoms with Crippen LogP contribution in [-0.2, 0) is 13.5 Å². The van der Waals surface area contributed by atoms with E-state index in [1.165, 1.54) is 27.8 Å². The molecule has 0 unspecified atom stereocenters. The predicted octanol–water partition coefficient (Wildman–Crippen LogP) is 3.37. The van der Waals surface area contributed by atoms with Gasteiger partial charge in [-0.05, 0) is 47.9 Å². The van der Waals surface area contributed by atoms with Gasteiger partial charge in [0.1, 0.15) is 16.8 Å². The first-order chi connectivity index (χ1) is 16.3. The smallest absolute Gasteiger partial charge is 0.270 e. The highest BCUT2D eigenvalue weighted by molar-refractivity contribution is 7.99. The van der Waals surface area contributed by atoms with Crippen molar-refractivity contribution in [3.8, 4) is 6.07 Å². The standard InChI is InChI=1S/C25H25FN6OS/c1-31-23(33)20(34-18-8-4-6-16(14-27)19(18)26)22(29)30-24(31)32-11-9-25(10-12-32)13-15-5-2-3-7-17(15)21(25)28/h2-8,21H,9-13,28-29H2,1H3/t21-/m1/s1. The van der Waals surface area contributed by atoms with E-state index in [1.54, 1.807) is 13.1 Å². The van der Waals surface area contributed by atoms with Crippen LogP contribution in [0.3, 0.4) is 0 Å². The molecule has 1 aromatic heterocycles. The molecule has 2 aliphatic rings. The second kappa shape index (κ2) is 8.46. The van der Waals surface area contributed by atoms with E-state index in [0.717, 1.165) is 31.0 Å². The van der Waals surface area contributed by atoms with Gasteiger partial charge in [0.05, 0.1) is 5.56 Å². The summed E-state index contributed by atoms with van der Waals surface area (Å²) in [4.78, 5) is 20.1. The van der Waals surface area contributed by atoms with Gasteiger partial charge in [0.2, 0.25) is 5.95 Å². The van der Waals surface area contributed by atoms with Gasteiger partial charge in [-0.3, -0.25) is 9.36 Å². The number of nitrogens with two attached hydrogens (primary N) is 2. The number of benzene rings is 2. The molecule has 4 N–H and O–H groups in total. The molecule has 7 nitrogen and oxygen atoms in total. The fraction of sp³-hybridized carbons (Fsp3) is 0.320. The molecule has 9 heteroatoms. The number of aromatic nitrogens is 2. The molecule has 1 fully saturated rings. The summed E-state index contributed by atoms with van der Waals surface area (Å²) in [7, 11) is 1.65. The first kappa shape index (κ1) is 22.4. The number of nitrogen functional groups attached to an aromatic ring is 1. The Bertz CT molecular complexity index is 1370. The highest BCUT2D eigenvalue weighted by Crippen LogP contribution is 2.50. The Morgan fingerprint density at radius 1 is 1.21 bits per heavy atom. The monoisotopic (exact) mass is 476 g/mol. The largest absolute Gasteiger partial charge is 0.382 e. The molecule has 34 heavy (non-hydrogen) atoms. The Balaban J connectivity index is 1.38. The van der Waals surface area contributed by atoms with Crippen LogP contribution >= 0.6 is 11.8 Å². The maximum absolute atomic E-state index is 14.5. The lowest BCUT2D eigenvalue weighted by Crippen LogP contribution is -2.46. The summed E-state index contributed by atoms with van der Waals surface area (Å²) < 4.78 is 16.0. The zero-order valence-corrected chi connectivity index (χ0v) is 19.6. The van der Waals surface area contributed by atoms with Crippen molar-refractivity contribution < 1.29 is 4.39 Å². The summed E-state index contributed by atoms with van der Waals surface area (Å²) in [5, 5.41) is 9.07. The molecule has 0 amide bonds. The SMILES string of the molecule is Cn1c(N2CCC3(CC2)Cc2ccccc2[C@H]3N)nc(N)c(Sc2cccc(C#N)c2F)c1=O. The minimum Gasteiger partial charge on any atom is -0.382 e. The fourth-order valence-corrected chi connectivity index (χ4v) is 6.15. The van der Waals surface area contributed by atoms with E-state index in [9.17, 15) is 9.18 Å². The van der Waals surface area contributed by atoms with Crippen LogP contribution in [0, 0.1) is 22.6 Å². The second-order valence-corrected chi connectivity index (χ2v) is 10.1. The first-order valence-electron chi connectivity index (χ1n) is 11.2. The van der Waals surface area contributed by atoms with Crippen molar-refractivity contribution in [1.82, 2.24) is 9.55 Å². The van der Waals surface area contributed by atoms with E-state index in [0.29, 0.717) is 19.0 Å². The number of fused-ring (bicyclic) bond motifs is 1. The van der Waals surface area contributed by atoms with Crippen molar-refractivity contribution in [2.24, 2.45) is 18.2 Å². The minimum absolute atomic E-state index is 0.00513. The number of anilines is 2. The summed E-state index contributed by atoms with van der Waals surface area (Å²) >= 11 is 0.893. The molecule has 1 atom stereocenters. The van der Waals surface area contributed by atoms with E-state index in [4.69, 9.17) is 16.7 Å². The van der Waals surface area contributed by atoms with Gasteiger partial charge in [0.25, 0.3) is 5.56 Å². The van der Waals surface area contributed by atoms with E-state index in [-0.39, 0.29) is 38.2 Å². The van der Waals surface area contributed by atoms with E-state index < -0.39 is 5.82 Å². The average Bonchev–Trinajstić information content (AvgIpc) is 3.12. The molecule has 3 aromatic rings. The minimum atomic E-state index is -0.671. The van der Waals surface area contributed by atoms with Crippen molar-refractivity contribution in [3.05, 3.63) is 75.3 Å². The van der Waals surface area contributed by atoms with E-state index in [2.05, 4.69) is 28.1 Å². The molecule has 2 aromatic carbocycles. The Labute approximate surface area is 201 Å². The number of halogens is 1. The maximum atomic E-state index is 14.5. The number of nitriles is 1. The lowest BCUT2D eigenvalue weighted by Gasteiger charge is -2.42. The molecular weight excluding hydrogens is 451 g/mol. The van der Waals surface area contributed by atoms with Crippen molar-refractivity contribution >= 4 is 23.5 Å². The summed E-state index contributed by atoms with van der Waals surface area (Å²) in [6.45, 7) is 1.43. The summed E-state index contributed by atoms with van der Waals surface area (Å²) in [5.74, 6) is -0.122. The van der Waals surface area contributed by atoms with Gasteiger partial charge in [-0.1, -0.05) is 42.1 Å². The van der Waals surface area contributed by atoms with E-state index in [1.807, 2.05) is 12.1 Å². The molecule has 5 rings (SSSR count). The quantitative estimate of drug-likeness (QED) is 0.596. The molecule has 1 aliphatic carbocycles. The number of rotatable bonds is 3. The van der Waals surface area contributed by atoms with Gasteiger partial charge >= 0.3 is 0 Å². The molecule has 0 radical (unpaired) electrons. The topological polar surface area (TPSA) is 114 Å². The van der Waals surface area contributed by atoms with Gasteiger partial charge in [0.15, 0.2) is 5.82 Å². The lowest BCUT2D eigenvalue weighted by molar-refractivity contribution is 0.186. The van der Waals surface area contributed by atoms with Crippen LogP contribution < -0.4 is 21.9 Å². The number of nitrogens with zero attached hydrogens (tertiary/aromatic N) is 4. The lowest BCUT2D eigenvalue weighted by atomic mass is 9.73. The molecule has 174 valence electrons. The van der Waals surface area contributed by atoms with Gasteiger partial charge in [-0.15, -0.1) is 0 Å². The Hall–Kier alpha value is -3.35. The van der Waals surface area contributed by atoms with Crippen LogP contribution in [-0.4, -0.2) is 22.6 Å². The van der Waals surface area contributed by atoms with Gasteiger partial charge in [0, 0.05) is 31.1 Å². The average molecular weight is 477 g/mol. The van der Waals surface area contributed by atoms with Crippen molar-refractivity contribution in [2.45, 2.75) is 35.1 Å². The van der Waals surface area contributed by atoms with Crippen LogP contribution in [0.15, 0.2) is 57.1 Å². The summed E-state index contributed by atoms with van der Waals surface area (Å²) in [6.07, 6.45) is 2.75. The third-order valence-corrected chi connectivity index (χ3v) is 8.31. The molecule has 0 saturated carbocycles. The first-order valence-corrected chi connectivity index (χ1v) is 12.0. The van der Waals surface area contributed by atoms with Crippen LogP contribution in [0.2, 0.25) is 0 Å². The molecular formula is C25H25FN6OS. The molecule has 1 saturated heterocycles. The zero-order valence-electron chi connectivity index (χ0n) is 18.8. The number of hydrogen-bond donors (Lipinski definition) is 2. The van der Waals surface area contributed by atoms with Gasteiger partial charge < -0.3 is 16.4 Å². The van der Waals surface area contributed by atoms with Crippen LogP contribution in [0.25, 0.3) is 0 Å². The van der Waals surface area contributed by atoms with Crippen LogP contribution in [0.5, 0.6) is 0 Å².